The Balaban J connectivity index is 2.18. The lowest BCUT2D eigenvalue weighted by Gasteiger charge is -2.06. The van der Waals surface area contributed by atoms with Gasteiger partial charge in [-0.2, -0.15) is 0 Å². The van der Waals surface area contributed by atoms with E-state index in [1.54, 1.807) is 0 Å². The lowest BCUT2D eigenvalue weighted by molar-refractivity contribution is 0.721. The minimum atomic E-state index is 0.417. The zero-order valence-corrected chi connectivity index (χ0v) is 9.71. The molecule has 72 valence electrons. The van der Waals surface area contributed by atoms with Crippen LogP contribution >= 0.6 is 22.9 Å². The highest BCUT2D eigenvalue weighted by molar-refractivity contribution is 7.12. The van der Waals surface area contributed by atoms with Crippen molar-refractivity contribution in [3.63, 3.8) is 0 Å². The van der Waals surface area contributed by atoms with Crippen molar-refractivity contribution in [3.05, 3.63) is 21.9 Å². The Kier molecular flexibility index (Phi) is 2.41. The number of hydrogen-bond acceptors (Lipinski definition) is 1. The Morgan fingerprint density at radius 3 is 2.85 bits per heavy atom. The molecule has 1 aliphatic rings. The average molecular weight is 215 g/mol. The molecule has 0 spiro atoms. The molecule has 2 unspecified atom stereocenters. The number of thiophene rings is 1. The number of alkyl halides is 1. The quantitative estimate of drug-likeness (QED) is 0.671. The van der Waals surface area contributed by atoms with E-state index in [1.165, 1.54) is 16.2 Å². The topological polar surface area (TPSA) is 0 Å². The van der Waals surface area contributed by atoms with E-state index < -0.39 is 0 Å². The van der Waals surface area contributed by atoms with Crippen LogP contribution < -0.4 is 0 Å². The molecule has 1 aromatic rings. The van der Waals surface area contributed by atoms with Gasteiger partial charge in [0.05, 0.1) is 0 Å². The van der Waals surface area contributed by atoms with E-state index in [9.17, 15) is 0 Å². The first kappa shape index (κ1) is 9.54. The molecule has 13 heavy (non-hydrogen) atoms. The summed E-state index contributed by atoms with van der Waals surface area (Å²) < 4.78 is 0. The molecule has 2 atom stereocenters. The van der Waals surface area contributed by atoms with Crippen molar-refractivity contribution in [2.45, 2.75) is 32.1 Å². The predicted octanol–water partition coefficient (Wildman–Crippen LogP) is 3.83. The Morgan fingerprint density at radius 2 is 2.38 bits per heavy atom. The molecule has 1 heterocycles. The third kappa shape index (κ3) is 1.53. The Morgan fingerprint density at radius 1 is 1.62 bits per heavy atom. The van der Waals surface area contributed by atoms with Crippen LogP contribution in [0, 0.1) is 5.92 Å². The monoisotopic (exact) mass is 214 g/mol. The molecular weight excluding hydrogens is 200 g/mol. The molecule has 0 saturated heterocycles. The van der Waals surface area contributed by atoms with Crippen molar-refractivity contribution in [2.24, 2.45) is 5.92 Å². The van der Waals surface area contributed by atoms with Gasteiger partial charge in [0, 0.05) is 21.0 Å². The van der Waals surface area contributed by atoms with Crippen LogP contribution in [0.5, 0.6) is 0 Å². The summed E-state index contributed by atoms with van der Waals surface area (Å²) in [6.45, 7) is 4.55. The van der Waals surface area contributed by atoms with Gasteiger partial charge in [-0.15, -0.1) is 22.9 Å². The van der Waals surface area contributed by atoms with Crippen molar-refractivity contribution in [3.8, 4) is 0 Å². The van der Waals surface area contributed by atoms with E-state index in [1.807, 2.05) is 11.3 Å². The summed E-state index contributed by atoms with van der Waals surface area (Å²) in [5.41, 5.74) is 0.417. The van der Waals surface area contributed by atoms with Gasteiger partial charge in [0.15, 0.2) is 0 Å². The van der Waals surface area contributed by atoms with Crippen LogP contribution in [0.4, 0.5) is 0 Å². The second kappa shape index (κ2) is 3.29. The van der Waals surface area contributed by atoms with Gasteiger partial charge in [-0.1, -0.05) is 13.8 Å². The molecule has 0 aliphatic heterocycles. The van der Waals surface area contributed by atoms with Gasteiger partial charge in [0.25, 0.3) is 0 Å². The molecule has 2 heteroatoms. The summed E-state index contributed by atoms with van der Waals surface area (Å²) in [6.07, 6.45) is 2.44. The van der Waals surface area contributed by atoms with Crippen LogP contribution in [0.3, 0.4) is 0 Å². The predicted molar refractivity (Wildman–Crippen MR) is 59.9 cm³/mol. The van der Waals surface area contributed by atoms with E-state index in [0.717, 1.165) is 18.2 Å². The summed E-state index contributed by atoms with van der Waals surface area (Å²) in [4.78, 5) is 3.03. The minimum absolute atomic E-state index is 0.417. The van der Waals surface area contributed by atoms with Gasteiger partial charge in [0.1, 0.15) is 0 Å². The summed E-state index contributed by atoms with van der Waals surface area (Å²) in [5, 5.41) is 0. The smallest absolute Gasteiger partial charge is 0.0260 e. The molecule has 0 amide bonds. The molecule has 0 aromatic carbocycles. The molecule has 2 rings (SSSR count). The zero-order chi connectivity index (χ0) is 9.47. The molecule has 0 N–H and O–H groups in total. The molecule has 0 radical (unpaired) electrons. The van der Waals surface area contributed by atoms with Crippen molar-refractivity contribution < 1.29 is 0 Å². The van der Waals surface area contributed by atoms with Crippen LogP contribution in [0.15, 0.2) is 12.1 Å². The van der Waals surface area contributed by atoms with Gasteiger partial charge in [-0.25, -0.2) is 0 Å². The highest BCUT2D eigenvalue weighted by atomic mass is 35.5. The molecule has 0 bridgehead atoms. The van der Waals surface area contributed by atoms with Gasteiger partial charge in [0.2, 0.25) is 0 Å². The van der Waals surface area contributed by atoms with E-state index in [0.29, 0.717) is 5.41 Å². The maximum atomic E-state index is 5.88. The number of hydrogen-bond donors (Lipinski definition) is 0. The third-order valence-corrected chi connectivity index (χ3v) is 5.05. The van der Waals surface area contributed by atoms with E-state index in [4.69, 9.17) is 11.6 Å². The Bertz CT molecular complexity index is 305. The second-order valence-corrected chi connectivity index (χ2v) is 5.57. The average Bonchev–Trinajstić information content (AvgIpc) is 2.65. The molecule has 1 saturated carbocycles. The first-order chi connectivity index (χ1) is 6.20. The molecule has 1 aromatic heterocycles. The third-order valence-electron chi connectivity index (χ3n) is 3.17. The van der Waals surface area contributed by atoms with Gasteiger partial charge in [-0.3, -0.25) is 0 Å². The van der Waals surface area contributed by atoms with Gasteiger partial charge >= 0.3 is 0 Å². The summed E-state index contributed by atoms with van der Waals surface area (Å²) in [5.74, 6) is 1.54. The fourth-order valence-corrected chi connectivity index (χ4v) is 3.49. The molecule has 0 nitrogen and oxygen atoms in total. The fraction of sp³-hybridized carbons (Fsp3) is 0.636. The van der Waals surface area contributed by atoms with Crippen LogP contribution in [-0.2, 0) is 11.8 Å². The summed E-state index contributed by atoms with van der Waals surface area (Å²) in [6, 6.07) is 4.55. The first-order valence-electron chi connectivity index (χ1n) is 4.86. The standard InChI is InChI=1S/C11H15ClS/c1-3-9-4-5-10(13-9)11(2)6-8(11)7-12/h4-5,8H,3,6-7H2,1-2H3. The van der Waals surface area contributed by atoms with Gasteiger partial charge < -0.3 is 0 Å². The SMILES string of the molecule is CCc1ccc(C2(C)CC2CCl)s1. The van der Waals surface area contributed by atoms with Crippen molar-refractivity contribution in [1.29, 1.82) is 0 Å². The Labute approximate surface area is 88.9 Å². The van der Waals surface area contributed by atoms with E-state index in [-0.39, 0.29) is 0 Å². The number of rotatable bonds is 3. The summed E-state index contributed by atoms with van der Waals surface area (Å²) >= 11 is 7.84. The largest absolute Gasteiger partial charge is 0.145 e. The first-order valence-corrected chi connectivity index (χ1v) is 6.21. The molecule has 1 aliphatic carbocycles. The van der Waals surface area contributed by atoms with Crippen LogP contribution in [0.2, 0.25) is 0 Å². The number of aryl methyl sites for hydroxylation is 1. The minimum Gasteiger partial charge on any atom is -0.145 e. The van der Waals surface area contributed by atoms with E-state index >= 15 is 0 Å². The lowest BCUT2D eigenvalue weighted by Crippen LogP contribution is -2.01. The summed E-state index contributed by atoms with van der Waals surface area (Å²) in [7, 11) is 0. The number of halogens is 1. The highest BCUT2D eigenvalue weighted by Crippen LogP contribution is 2.56. The maximum Gasteiger partial charge on any atom is 0.0260 e. The van der Waals surface area contributed by atoms with Crippen molar-refractivity contribution in [2.75, 3.05) is 5.88 Å². The Hall–Kier alpha value is -0.0100. The molecule has 1 fully saturated rings. The van der Waals surface area contributed by atoms with Crippen LogP contribution in [-0.4, -0.2) is 5.88 Å². The van der Waals surface area contributed by atoms with Crippen LogP contribution in [0.25, 0.3) is 0 Å². The lowest BCUT2D eigenvalue weighted by atomic mass is 10.1. The van der Waals surface area contributed by atoms with Crippen LogP contribution in [0.1, 0.15) is 30.0 Å². The second-order valence-electron chi connectivity index (χ2n) is 4.09. The maximum absolute atomic E-state index is 5.88. The molecular formula is C11H15ClS. The highest BCUT2D eigenvalue weighted by Gasteiger charge is 2.51. The van der Waals surface area contributed by atoms with E-state index in [2.05, 4.69) is 26.0 Å². The zero-order valence-electron chi connectivity index (χ0n) is 8.14. The normalized spacial score (nSPS) is 32.1. The van der Waals surface area contributed by atoms with Crippen molar-refractivity contribution in [1.82, 2.24) is 0 Å². The fourth-order valence-electron chi connectivity index (χ4n) is 1.85. The van der Waals surface area contributed by atoms with Crippen molar-refractivity contribution >= 4 is 22.9 Å². The van der Waals surface area contributed by atoms with Gasteiger partial charge in [-0.05, 0) is 30.9 Å².